The zero-order chi connectivity index (χ0) is 37.3. The van der Waals surface area contributed by atoms with E-state index in [1.165, 1.54) is 19.1 Å². The van der Waals surface area contributed by atoms with E-state index < -0.39 is 6.10 Å². The fourth-order valence-electron chi connectivity index (χ4n) is 5.29. The molecule has 1 aliphatic heterocycles. The average molecular weight is 715 g/mol. The van der Waals surface area contributed by atoms with Crippen molar-refractivity contribution in [2.75, 3.05) is 41.4 Å². The van der Waals surface area contributed by atoms with Gasteiger partial charge < -0.3 is 37.9 Å². The minimum absolute atomic E-state index is 0.00146. The summed E-state index contributed by atoms with van der Waals surface area (Å²) in [5, 5.41) is 28.5. The van der Waals surface area contributed by atoms with Gasteiger partial charge in [-0.05, 0) is 68.5 Å². The van der Waals surface area contributed by atoms with Crippen LogP contribution in [-0.2, 0) is 24.6 Å². The highest BCUT2D eigenvalue weighted by atomic mass is 16.5. The highest BCUT2D eigenvalue weighted by molar-refractivity contribution is 5.40. The molecule has 12 heteroatoms. The van der Waals surface area contributed by atoms with Gasteiger partial charge in [0.15, 0.2) is 11.5 Å². The Morgan fingerprint density at radius 3 is 1.90 bits per heavy atom. The van der Waals surface area contributed by atoms with Gasteiger partial charge in [0.05, 0.1) is 30.5 Å². The fourth-order valence-corrected chi connectivity index (χ4v) is 5.29. The van der Waals surface area contributed by atoms with Crippen LogP contribution in [0.25, 0.3) is 0 Å². The van der Waals surface area contributed by atoms with Gasteiger partial charge in [0.1, 0.15) is 25.1 Å². The topological polar surface area (TPSA) is 140 Å². The maximum absolute atomic E-state index is 11.0. The van der Waals surface area contributed by atoms with Crippen molar-refractivity contribution in [3.63, 3.8) is 0 Å². The van der Waals surface area contributed by atoms with Crippen molar-refractivity contribution in [3.05, 3.63) is 144 Å². The normalized spacial score (nSPS) is 14.1. The van der Waals surface area contributed by atoms with E-state index >= 15 is 0 Å². The molecule has 1 aliphatic rings. The molecule has 278 valence electrons. The lowest BCUT2D eigenvalue weighted by atomic mass is 10.0. The van der Waals surface area contributed by atoms with Crippen molar-refractivity contribution >= 4 is 0 Å². The molecule has 6 rings (SSSR count). The number of benzene rings is 2. The molecule has 52 heavy (non-hydrogen) atoms. The molecule has 0 saturated carbocycles. The second kappa shape index (κ2) is 20.8. The number of nitrogens with zero attached hydrogens (tertiary/aromatic N) is 4. The summed E-state index contributed by atoms with van der Waals surface area (Å²) in [5.41, 5.74) is 2.88. The number of ether oxygens (including phenoxy) is 3. The summed E-state index contributed by atoms with van der Waals surface area (Å²) in [6.07, 6.45) is 6.25. The standard InChI is InChI=1S/C21H24N2O5.C15H18N2O2.C4H8O/c1-4-16(23(2)3)20-17(18(25)19-15(12-24)10-11-26-19)21(22-28-20)27-13-14-8-6-5-7-9-14;1-4-13(17(2)3)14-10-15(16-19-14)18-11-12-8-6-5-7-9-12;1-2-4-5-3-1/h4-11,16,18,24-25H,1,12-13H2,2-3H3;4-10,13H,1,11H2,2-3H3;1-4H2/t16-,18?;13-;/m00./s1. The first kappa shape index (κ1) is 39.8. The Morgan fingerprint density at radius 2 is 1.38 bits per heavy atom. The zero-order valence-corrected chi connectivity index (χ0v) is 30.4. The summed E-state index contributed by atoms with van der Waals surface area (Å²) in [4.78, 5) is 3.87. The molecular formula is C40H50N4O8. The number of rotatable bonds is 15. The molecule has 0 bridgehead atoms. The lowest BCUT2D eigenvalue weighted by Gasteiger charge is -2.20. The number of hydrogen-bond donors (Lipinski definition) is 2. The van der Waals surface area contributed by atoms with Gasteiger partial charge >= 0.3 is 0 Å². The second-order valence-corrected chi connectivity index (χ2v) is 12.4. The minimum atomic E-state index is -1.22. The Morgan fingerprint density at radius 1 is 0.788 bits per heavy atom. The highest BCUT2D eigenvalue weighted by Gasteiger charge is 2.33. The van der Waals surface area contributed by atoms with Crippen LogP contribution in [0.5, 0.6) is 11.8 Å². The average Bonchev–Trinajstić information content (AvgIpc) is 4.00. The summed E-state index contributed by atoms with van der Waals surface area (Å²) in [6.45, 7) is 10.1. The van der Waals surface area contributed by atoms with Gasteiger partial charge in [-0.3, -0.25) is 9.80 Å². The van der Waals surface area contributed by atoms with E-state index in [9.17, 15) is 10.2 Å². The number of aliphatic hydroxyl groups excluding tert-OH is 2. The third kappa shape index (κ3) is 11.3. The summed E-state index contributed by atoms with van der Waals surface area (Å²) in [5.74, 6) is 2.00. The van der Waals surface area contributed by atoms with Crippen LogP contribution in [0.1, 0.15) is 70.6 Å². The zero-order valence-electron chi connectivity index (χ0n) is 30.4. The Kier molecular flexibility index (Phi) is 15.9. The first-order chi connectivity index (χ1) is 25.3. The molecule has 0 spiro atoms. The Bertz CT molecular complexity index is 1740. The molecule has 12 nitrogen and oxygen atoms in total. The SMILES string of the molecule is C1CCOC1.C=C[C@@H](c1cc(OCc2ccccc2)no1)N(C)C.C=C[C@@H](c1onc(OCc2ccccc2)c1C(O)c1occc1CO)N(C)C. The molecule has 1 unspecified atom stereocenters. The first-order valence-electron chi connectivity index (χ1n) is 17.1. The van der Waals surface area contributed by atoms with Gasteiger partial charge in [-0.1, -0.05) is 72.8 Å². The monoisotopic (exact) mass is 714 g/mol. The molecule has 0 radical (unpaired) electrons. The van der Waals surface area contributed by atoms with Crippen LogP contribution in [0.15, 0.2) is 118 Å². The molecule has 4 heterocycles. The molecule has 0 aliphatic carbocycles. The molecule has 2 aromatic carbocycles. The van der Waals surface area contributed by atoms with Gasteiger partial charge in [0.2, 0.25) is 0 Å². The largest absolute Gasteiger partial charge is 0.471 e. The second-order valence-electron chi connectivity index (χ2n) is 12.4. The van der Waals surface area contributed by atoms with Crippen molar-refractivity contribution in [2.24, 2.45) is 0 Å². The molecule has 1 saturated heterocycles. The van der Waals surface area contributed by atoms with Gasteiger partial charge in [0.25, 0.3) is 11.8 Å². The van der Waals surface area contributed by atoms with Crippen molar-refractivity contribution in [1.82, 2.24) is 20.1 Å². The van der Waals surface area contributed by atoms with Crippen LogP contribution >= 0.6 is 0 Å². The van der Waals surface area contributed by atoms with E-state index in [2.05, 4.69) is 23.5 Å². The van der Waals surface area contributed by atoms with E-state index in [-0.39, 0.29) is 36.9 Å². The van der Waals surface area contributed by atoms with Gasteiger partial charge in [-0.25, -0.2) is 0 Å². The Balaban J connectivity index is 0.000000216. The highest BCUT2D eigenvalue weighted by Crippen LogP contribution is 2.39. The van der Waals surface area contributed by atoms with E-state index in [1.54, 1.807) is 18.2 Å². The number of hydrogen-bond acceptors (Lipinski definition) is 12. The predicted octanol–water partition coefficient (Wildman–Crippen LogP) is 7.05. The van der Waals surface area contributed by atoms with Crippen LogP contribution in [-0.4, -0.2) is 71.7 Å². The Hall–Kier alpha value is -4.98. The van der Waals surface area contributed by atoms with E-state index in [0.29, 0.717) is 29.4 Å². The molecule has 1 fully saturated rings. The van der Waals surface area contributed by atoms with Crippen molar-refractivity contribution in [3.8, 4) is 11.8 Å². The van der Waals surface area contributed by atoms with E-state index in [4.69, 9.17) is 27.7 Å². The smallest absolute Gasteiger partial charge is 0.261 e. The summed E-state index contributed by atoms with van der Waals surface area (Å²) in [6, 6.07) is 22.6. The van der Waals surface area contributed by atoms with Crippen LogP contribution < -0.4 is 9.47 Å². The van der Waals surface area contributed by atoms with Crippen molar-refractivity contribution < 1.29 is 37.9 Å². The number of aliphatic hydroxyl groups is 2. The summed E-state index contributed by atoms with van der Waals surface area (Å²) >= 11 is 0. The predicted molar refractivity (Wildman–Crippen MR) is 197 cm³/mol. The molecule has 0 amide bonds. The van der Waals surface area contributed by atoms with Crippen LogP contribution in [0.4, 0.5) is 0 Å². The summed E-state index contributed by atoms with van der Waals surface area (Å²) < 4.78 is 32.6. The number of furan rings is 1. The molecule has 5 aromatic rings. The maximum atomic E-state index is 11.0. The van der Waals surface area contributed by atoms with E-state index in [1.807, 2.05) is 105 Å². The van der Waals surface area contributed by atoms with Crippen molar-refractivity contribution in [1.29, 1.82) is 0 Å². The van der Waals surface area contributed by atoms with Crippen LogP contribution in [0.2, 0.25) is 0 Å². The lowest BCUT2D eigenvalue weighted by Crippen LogP contribution is -2.19. The van der Waals surface area contributed by atoms with Gasteiger partial charge in [-0.15, -0.1) is 13.2 Å². The van der Waals surface area contributed by atoms with E-state index in [0.717, 1.165) is 30.1 Å². The first-order valence-corrected chi connectivity index (χ1v) is 17.1. The number of likely N-dealkylation sites (N-methyl/N-ethyl adjacent to an activating group) is 2. The molecule has 2 N–H and O–H groups in total. The Labute approximate surface area is 305 Å². The quantitative estimate of drug-likeness (QED) is 0.107. The maximum Gasteiger partial charge on any atom is 0.261 e. The fraction of sp³-hybridized carbons (Fsp3) is 0.350. The van der Waals surface area contributed by atoms with Crippen LogP contribution in [0.3, 0.4) is 0 Å². The third-order valence-electron chi connectivity index (χ3n) is 8.10. The lowest BCUT2D eigenvalue weighted by molar-refractivity contribution is 0.171. The van der Waals surface area contributed by atoms with Crippen molar-refractivity contribution in [2.45, 2.75) is 50.8 Å². The minimum Gasteiger partial charge on any atom is -0.471 e. The molecule has 3 atom stereocenters. The third-order valence-corrected chi connectivity index (χ3v) is 8.10. The molecule has 3 aromatic heterocycles. The number of aromatic nitrogens is 2. The van der Waals surface area contributed by atoms with Gasteiger partial charge in [0, 0.05) is 24.8 Å². The van der Waals surface area contributed by atoms with Crippen LogP contribution in [0, 0.1) is 0 Å². The van der Waals surface area contributed by atoms with Gasteiger partial charge in [-0.2, -0.15) is 0 Å². The summed E-state index contributed by atoms with van der Waals surface area (Å²) in [7, 11) is 7.64. The molecular weight excluding hydrogens is 664 g/mol.